The van der Waals surface area contributed by atoms with Crippen molar-refractivity contribution in [2.45, 2.75) is 25.4 Å². The highest BCUT2D eigenvalue weighted by atomic mass is 19.4. The van der Waals surface area contributed by atoms with Gasteiger partial charge >= 0.3 is 6.18 Å². The third kappa shape index (κ3) is 4.49. The van der Waals surface area contributed by atoms with Gasteiger partial charge in [-0.05, 0) is 37.5 Å². The summed E-state index contributed by atoms with van der Waals surface area (Å²) in [5.41, 5.74) is -0.745. The van der Waals surface area contributed by atoms with Crippen LogP contribution >= 0.6 is 0 Å². The highest BCUT2D eigenvalue weighted by molar-refractivity contribution is 5.94. The molecule has 0 atom stereocenters. The first kappa shape index (κ1) is 20.4. The number of hydrogen-bond donors (Lipinski definition) is 0. The minimum atomic E-state index is -4.46. The molecular weight excluding hydrogens is 395 g/mol. The number of nitrogens with zero attached hydrogens (tertiary/aromatic N) is 5. The van der Waals surface area contributed by atoms with E-state index in [0.717, 1.165) is 49.7 Å². The van der Waals surface area contributed by atoms with Crippen LogP contribution < -0.4 is 9.80 Å². The van der Waals surface area contributed by atoms with Gasteiger partial charge in [0.1, 0.15) is 18.0 Å². The Balaban J connectivity index is 1.40. The average Bonchev–Trinajstić information content (AvgIpc) is 2.79. The number of benzene rings is 1. The molecule has 2 aliphatic rings. The van der Waals surface area contributed by atoms with E-state index in [2.05, 4.69) is 19.8 Å². The Kier molecular flexibility index (Phi) is 5.78. The van der Waals surface area contributed by atoms with Crippen molar-refractivity contribution in [1.29, 1.82) is 0 Å². The smallest absolute Gasteiger partial charge is 0.356 e. The van der Waals surface area contributed by atoms with Gasteiger partial charge in [-0.1, -0.05) is 6.07 Å². The van der Waals surface area contributed by atoms with Crippen molar-refractivity contribution in [2.75, 3.05) is 49.1 Å². The summed E-state index contributed by atoms with van der Waals surface area (Å²) in [4.78, 5) is 27.4. The van der Waals surface area contributed by atoms with Crippen molar-refractivity contribution < 1.29 is 18.0 Å². The molecule has 2 aliphatic heterocycles. The zero-order valence-corrected chi connectivity index (χ0v) is 16.6. The van der Waals surface area contributed by atoms with Crippen LogP contribution in [0.3, 0.4) is 0 Å². The van der Waals surface area contributed by atoms with Gasteiger partial charge < -0.3 is 14.7 Å². The summed E-state index contributed by atoms with van der Waals surface area (Å²) in [6.45, 7) is 3.99. The van der Waals surface area contributed by atoms with Gasteiger partial charge in [-0.25, -0.2) is 9.97 Å². The van der Waals surface area contributed by atoms with E-state index in [9.17, 15) is 18.0 Å². The normalized spacial score (nSPS) is 17.9. The molecule has 2 aromatic rings. The summed E-state index contributed by atoms with van der Waals surface area (Å²) in [5, 5.41) is 0. The van der Waals surface area contributed by atoms with Gasteiger partial charge in [0.05, 0.1) is 5.56 Å². The Morgan fingerprint density at radius 2 is 1.47 bits per heavy atom. The predicted molar refractivity (Wildman–Crippen MR) is 108 cm³/mol. The molecule has 1 aromatic heterocycles. The van der Waals surface area contributed by atoms with Crippen molar-refractivity contribution in [1.82, 2.24) is 14.9 Å². The fourth-order valence-corrected chi connectivity index (χ4v) is 3.96. The van der Waals surface area contributed by atoms with Crippen LogP contribution in [0.1, 0.15) is 35.2 Å². The number of piperazine rings is 1. The predicted octanol–water partition coefficient (Wildman–Crippen LogP) is 3.45. The second kappa shape index (κ2) is 8.49. The number of anilines is 2. The number of amides is 1. The zero-order chi connectivity index (χ0) is 21.1. The van der Waals surface area contributed by atoms with Gasteiger partial charge in [0.25, 0.3) is 5.91 Å². The molecular formula is C21H24F3N5O. The van der Waals surface area contributed by atoms with Gasteiger partial charge in [0.15, 0.2) is 0 Å². The molecule has 30 heavy (non-hydrogen) atoms. The molecule has 0 bridgehead atoms. The second-order valence-corrected chi connectivity index (χ2v) is 7.64. The summed E-state index contributed by atoms with van der Waals surface area (Å²) in [5.74, 6) is 1.36. The molecule has 1 amide bonds. The Morgan fingerprint density at radius 3 is 2.10 bits per heavy atom. The third-order valence-corrected chi connectivity index (χ3v) is 5.65. The maximum atomic E-state index is 12.9. The Morgan fingerprint density at radius 1 is 0.833 bits per heavy atom. The number of alkyl halides is 3. The average molecular weight is 419 g/mol. The van der Waals surface area contributed by atoms with E-state index >= 15 is 0 Å². The fraction of sp³-hybridized carbons (Fsp3) is 0.476. The molecule has 160 valence electrons. The number of halogens is 3. The first-order valence-electron chi connectivity index (χ1n) is 10.2. The van der Waals surface area contributed by atoms with Crippen molar-refractivity contribution in [3.8, 4) is 0 Å². The lowest BCUT2D eigenvalue weighted by Crippen LogP contribution is -2.49. The standard InChI is InChI=1S/C21H24F3N5O/c22-21(23,24)17-6-4-5-16(13-17)20(30)29-11-9-28(10-12-29)19-14-18(25-15-26-19)27-7-2-1-3-8-27/h4-6,13-15H,1-3,7-12H2. The molecule has 3 heterocycles. The van der Waals surface area contributed by atoms with Gasteiger partial charge in [0, 0.05) is 50.9 Å². The number of aromatic nitrogens is 2. The largest absolute Gasteiger partial charge is 0.416 e. The Bertz CT molecular complexity index is 890. The van der Waals surface area contributed by atoms with Crippen LogP contribution in [0.4, 0.5) is 24.8 Å². The quantitative estimate of drug-likeness (QED) is 0.763. The fourth-order valence-electron chi connectivity index (χ4n) is 3.96. The van der Waals surface area contributed by atoms with Crippen molar-refractivity contribution in [3.63, 3.8) is 0 Å². The molecule has 0 saturated carbocycles. The van der Waals surface area contributed by atoms with Crippen LogP contribution in [0, 0.1) is 0 Å². The molecule has 0 radical (unpaired) electrons. The molecule has 0 N–H and O–H groups in total. The van der Waals surface area contributed by atoms with E-state index in [0.29, 0.717) is 26.2 Å². The number of rotatable bonds is 3. The van der Waals surface area contributed by atoms with Crippen LogP contribution in [0.25, 0.3) is 0 Å². The van der Waals surface area contributed by atoms with Gasteiger partial charge in [-0.3, -0.25) is 4.79 Å². The summed E-state index contributed by atoms with van der Waals surface area (Å²) >= 11 is 0. The Hall–Kier alpha value is -2.84. The van der Waals surface area contributed by atoms with E-state index in [1.807, 2.05) is 6.07 Å². The second-order valence-electron chi connectivity index (χ2n) is 7.64. The van der Waals surface area contributed by atoms with Gasteiger partial charge in [-0.2, -0.15) is 13.2 Å². The lowest BCUT2D eigenvalue weighted by atomic mass is 10.1. The summed E-state index contributed by atoms with van der Waals surface area (Å²) in [7, 11) is 0. The molecule has 2 fully saturated rings. The molecule has 1 aromatic carbocycles. The third-order valence-electron chi connectivity index (χ3n) is 5.65. The first-order valence-corrected chi connectivity index (χ1v) is 10.2. The minimum Gasteiger partial charge on any atom is -0.356 e. The Labute approximate surface area is 173 Å². The highest BCUT2D eigenvalue weighted by Crippen LogP contribution is 2.30. The molecule has 0 aliphatic carbocycles. The summed E-state index contributed by atoms with van der Waals surface area (Å²) in [6, 6.07) is 6.58. The van der Waals surface area contributed by atoms with Crippen LogP contribution in [-0.4, -0.2) is 60.0 Å². The van der Waals surface area contributed by atoms with E-state index in [-0.39, 0.29) is 11.5 Å². The van der Waals surface area contributed by atoms with Crippen LogP contribution in [0.2, 0.25) is 0 Å². The van der Waals surface area contributed by atoms with E-state index in [1.54, 1.807) is 11.2 Å². The van der Waals surface area contributed by atoms with Gasteiger partial charge in [-0.15, -0.1) is 0 Å². The zero-order valence-electron chi connectivity index (χ0n) is 16.6. The monoisotopic (exact) mass is 419 g/mol. The molecule has 4 rings (SSSR count). The number of piperidine rings is 1. The van der Waals surface area contributed by atoms with Gasteiger partial charge in [0.2, 0.25) is 0 Å². The number of carbonyl (C=O) groups excluding carboxylic acids is 1. The minimum absolute atomic E-state index is 0.0627. The molecule has 0 spiro atoms. The van der Waals surface area contributed by atoms with Crippen LogP contribution in [0.15, 0.2) is 36.7 Å². The SMILES string of the molecule is O=C(c1cccc(C(F)(F)F)c1)N1CCN(c2cc(N3CCCCC3)ncn2)CC1. The van der Waals surface area contributed by atoms with Crippen molar-refractivity contribution in [3.05, 3.63) is 47.8 Å². The lowest BCUT2D eigenvalue weighted by Gasteiger charge is -2.36. The highest BCUT2D eigenvalue weighted by Gasteiger charge is 2.32. The van der Waals surface area contributed by atoms with E-state index < -0.39 is 11.7 Å². The molecule has 9 heteroatoms. The topological polar surface area (TPSA) is 52.6 Å². The first-order chi connectivity index (χ1) is 14.4. The van der Waals surface area contributed by atoms with Crippen molar-refractivity contribution in [2.24, 2.45) is 0 Å². The van der Waals surface area contributed by atoms with E-state index in [1.165, 1.54) is 18.6 Å². The van der Waals surface area contributed by atoms with E-state index in [4.69, 9.17) is 0 Å². The molecule has 0 unspecified atom stereocenters. The lowest BCUT2D eigenvalue weighted by molar-refractivity contribution is -0.137. The maximum absolute atomic E-state index is 12.9. The van der Waals surface area contributed by atoms with Crippen molar-refractivity contribution >= 4 is 17.5 Å². The maximum Gasteiger partial charge on any atom is 0.416 e. The number of hydrogen-bond acceptors (Lipinski definition) is 5. The summed E-state index contributed by atoms with van der Waals surface area (Å²) < 4.78 is 38.8. The number of carbonyl (C=O) groups is 1. The summed E-state index contributed by atoms with van der Waals surface area (Å²) in [6.07, 6.45) is 0.676. The van der Waals surface area contributed by atoms with Crippen LogP contribution in [-0.2, 0) is 6.18 Å². The molecule has 6 nitrogen and oxygen atoms in total. The molecule has 2 saturated heterocycles. The van der Waals surface area contributed by atoms with Crippen LogP contribution in [0.5, 0.6) is 0 Å².